The molecule has 2 N–H and O–H groups in total. The van der Waals surface area contributed by atoms with Crippen LogP contribution in [0.1, 0.15) is 59.6 Å². The Morgan fingerprint density at radius 3 is 2.57 bits per heavy atom. The fourth-order valence-corrected chi connectivity index (χ4v) is 4.75. The Balaban J connectivity index is 1.43. The Morgan fingerprint density at radius 2 is 1.90 bits per heavy atom. The summed E-state index contributed by atoms with van der Waals surface area (Å²) in [5.41, 5.74) is 8.99. The summed E-state index contributed by atoms with van der Waals surface area (Å²) in [4.78, 5) is 34.3. The van der Waals surface area contributed by atoms with Gasteiger partial charge in [-0.25, -0.2) is 9.97 Å². The zero-order chi connectivity index (χ0) is 21.3. The molecule has 0 radical (unpaired) electrons. The van der Waals surface area contributed by atoms with Crippen LogP contribution in [0.5, 0.6) is 0 Å². The van der Waals surface area contributed by atoms with Gasteiger partial charge in [0.2, 0.25) is 5.28 Å². The van der Waals surface area contributed by atoms with Gasteiger partial charge in [-0.3, -0.25) is 9.59 Å². The van der Waals surface area contributed by atoms with E-state index in [9.17, 15) is 9.59 Å². The number of carbonyl (C=O) groups excluding carboxylic acids is 2. The quantitative estimate of drug-likeness (QED) is 0.588. The second-order valence-electron chi connectivity index (χ2n) is 8.00. The molecule has 1 aliphatic heterocycles. The Kier molecular flexibility index (Phi) is 5.90. The Morgan fingerprint density at radius 1 is 1.20 bits per heavy atom. The zero-order valence-corrected chi connectivity index (χ0v) is 17.7. The third-order valence-electron chi connectivity index (χ3n) is 6.22. The fourth-order valence-electron chi connectivity index (χ4n) is 4.56. The number of nitrogens with zero attached hydrogens (tertiary/aromatic N) is 3. The number of nitrogens with two attached hydrogens (primary N) is 1. The van der Waals surface area contributed by atoms with Crippen LogP contribution < -0.4 is 10.6 Å². The molecule has 2 aromatic rings. The largest absolute Gasteiger partial charge is 0.469 e. The summed E-state index contributed by atoms with van der Waals surface area (Å²) in [7, 11) is 1.44. The smallest absolute Gasteiger partial charge is 0.305 e. The van der Waals surface area contributed by atoms with E-state index in [4.69, 9.17) is 22.1 Å². The van der Waals surface area contributed by atoms with Gasteiger partial charge in [-0.2, -0.15) is 0 Å². The molecule has 0 saturated heterocycles. The van der Waals surface area contributed by atoms with Crippen molar-refractivity contribution in [3.05, 3.63) is 46.4 Å². The van der Waals surface area contributed by atoms with Crippen molar-refractivity contribution < 1.29 is 14.3 Å². The van der Waals surface area contributed by atoms with Gasteiger partial charge in [0, 0.05) is 25.1 Å². The molecule has 0 unspecified atom stereocenters. The average Bonchev–Trinajstić information content (AvgIpc) is 2.74. The second kappa shape index (κ2) is 8.60. The molecule has 7 nitrogen and oxygen atoms in total. The molecule has 4 rings (SSSR count). The Hall–Kier alpha value is -2.67. The molecule has 1 aromatic heterocycles. The van der Waals surface area contributed by atoms with Gasteiger partial charge in [-0.15, -0.1) is 0 Å². The van der Waals surface area contributed by atoms with Crippen molar-refractivity contribution >= 4 is 35.0 Å². The van der Waals surface area contributed by atoms with Crippen LogP contribution in [-0.2, 0) is 16.0 Å². The van der Waals surface area contributed by atoms with Crippen LogP contribution in [0.2, 0.25) is 5.28 Å². The number of methoxy groups -OCH3 is 1. The van der Waals surface area contributed by atoms with Gasteiger partial charge in [0.05, 0.1) is 12.8 Å². The third kappa shape index (κ3) is 4.12. The lowest BCUT2D eigenvalue weighted by molar-refractivity contribution is -0.142. The average molecular weight is 429 g/mol. The van der Waals surface area contributed by atoms with E-state index in [2.05, 4.69) is 22.1 Å². The number of esters is 1. The van der Waals surface area contributed by atoms with E-state index >= 15 is 0 Å². The first-order valence-corrected chi connectivity index (χ1v) is 10.6. The number of amides is 1. The molecular formula is C22H25ClN4O3. The number of aromatic nitrogens is 2. The molecule has 1 aromatic carbocycles. The lowest BCUT2D eigenvalue weighted by Crippen LogP contribution is -2.39. The van der Waals surface area contributed by atoms with E-state index in [0.29, 0.717) is 42.5 Å². The third-order valence-corrected chi connectivity index (χ3v) is 6.39. The van der Waals surface area contributed by atoms with E-state index < -0.39 is 0 Å². The monoisotopic (exact) mass is 428 g/mol. The van der Waals surface area contributed by atoms with E-state index in [1.54, 1.807) is 4.90 Å². The molecule has 0 atom stereocenters. The van der Waals surface area contributed by atoms with Crippen molar-refractivity contribution in [3.8, 4) is 0 Å². The highest BCUT2D eigenvalue weighted by atomic mass is 35.5. The number of halogens is 1. The van der Waals surface area contributed by atoms with Crippen LogP contribution in [0.25, 0.3) is 0 Å². The van der Waals surface area contributed by atoms with Crippen LogP contribution in [0, 0.1) is 5.92 Å². The van der Waals surface area contributed by atoms with Crippen molar-refractivity contribution in [2.45, 2.75) is 44.4 Å². The van der Waals surface area contributed by atoms with Gasteiger partial charge in [0.15, 0.2) is 0 Å². The molecule has 2 heterocycles. The maximum Gasteiger partial charge on any atom is 0.305 e. The molecule has 0 spiro atoms. The number of carbonyl (C=O) groups is 2. The Bertz CT molecular complexity index is 956. The molecule has 158 valence electrons. The lowest BCUT2D eigenvalue weighted by atomic mass is 9.77. The van der Waals surface area contributed by atoms with Crippen LogP contribution >= 0.6 is 11.6 Å². The van der Waals surface area contributed by atoms with E-state index in [-0.39, 0.29) is 23.0 Å². The number of ether oxygens (including phenoxy) is 1. The minimum absolute atomic E-state index is 0.0677. The summed E-state index contributed by atoms with van der Waals surface area (Å²) in [6.07, 6.45) is 5.28. The van der Waals surface area contributed by atoms with Gasteiger partial charge in [-0.05, 0) is 66.8 Å². The number of fused-ring (bicyclic) bond motifs is 1. The van der Waals surface area contributed by atoms with Gasteiger partial charge in [0.25, 0.3) is 5.91 Å². The molecule has 1 amide bonds. The molecule has 8 heteroatoms. The van der Waals surface area contributed by atoms with E-state index in [0.717, 1.165) is 31.4 Å². The van der Waals surface area contributed by atoms with Gasteiger partial charge >= 0.3 is 5.97 Å². The minimum Gasteiger partial charge on any atom is -0.469 e. The number of rotatable bonds is 4. The number of anilines is 2. The van der Waals surface area contributed by atoms with Crippen LogP contribution in [0.4, 0.5) is 11.5 Å². The van der Waals surface area contributed by atoms with Crippen LogP contribution in [0.3, 0.4) is 0 Å². The minimum atomic E-state index is -0.193. The molecule has 1 saturated carbocycles. The predicted octanol–water partition coefficient (Wildman–Crippen LogP) is 3.75. The van der Waals surface area contributed by atoms with Crippen molar-refractivity contribution in [2.24, 2.45) is 5.92 Å². The number of nitrogen functional groups attached to an aromatic ring is 1. The number of benzene rings is 1. The number of hydrogen-bond donors (Lipinski definition) is 1. The SMILES string of the molecule is COC(=O)CC1CCC(c2ccc(N3CCc4nc(Cl)nc(N)c4C3=O)cc2)CC1. The van der Waals surface area contributed by atoms with Crippen LogP contribution in [0.15, 0.2) is 24.3 Å². The van der Waals surface area contributed by atoms with E-state index in [1.807, 2.05) is 12.1 Å². The number of hydrogen-bond acceptors (Lipinski definition) is 6. The molecule has 30 heavy (non-hydrogen) atoms. The molecule has 2 aliphatic rings. The first-order chi connectivity index (χ1) is 14.5. The standard InChI is InChI=1S/C22H25ClN4O3/c1-30-18(28)12-13-2-4-14(5-3-13)15-6-8-16(9-7-15)27-11-10-17-19(21(27)29)20(24)26-22(23)25-17/h6-9,13-14H,2-5,10-12H2,1H3,(H2,24,25,26). The summed E-state index contributed by atoms with van der Waals surface area (Å²) in [6.45, 7) is 0.524. The van der Waals surface area contributed by atoms with Gasteiger partial charge < -0.3 is 15.4 Å². The van der Waals surface area contributed by atoms with Crippen molar-refractivity contribution in [3.63, 3.8) is 0 Å². The Labute approximate surface area is 180 Å². The highest BCUT2D eigenvalue weighted by Crippen LogP contribution is 2.38. The van der Waals surface area contributed by atoms with E-state index in [1.165, 1.54) is 12.7 Å². The zero-order valence-electron chi connectivity index (χ0n) is 16.9. The normalized spacial score (nSPS) is 21.3. The predicted molar refractivity (Wildman–Crippen MR) is 115 cm³/mol. The summed E-state index contributed by atoms with van der Waals surface area (Å²) in [6, 6.07) is 8.19. The summed E-state index contributed by atoms with van der Waals surface area (Å²) in [5.74, 6) is 0.711. The molecule has 0 bridgehead atoms. The van der Waals surface area contributed by atoms with Crippen molar-refractivity contribution in [1.82, 2.24) is 9.97 Å². The summed E-state index contributed by atoms with van der Waals surface area (Å²) in [5, 5.41) is 0.0677. The first-order valence-electron chi connectivity index (χ1n) is 10.3. The second-order valence-corrected chi connectivity index (χ2v) is 8.33. The van der Waals surface area contributed by atoms with Crippen LogP contribution in [-0.4, -0.2) is 35.5 Å². The summed E-state index contributed by atoms with van der Waals surface area (Å²) >= 11 is 5.87. The maximum absolute atomic E-state index is 13.0. The lowest BCUT2D eigenvalue weighted by Gasteiger charge is -2.30. The first kappa shape index (κ1) is 20.6. The van der Waals surface area contributed by atoms with Crippen molar-refractivity contribution in [2.75, 3.05) is 24.3 Å². The van der Waals surface area contributed by atoms with Crippen molar-refractivity contribution in [1.29, 1.82) is 0 Å². The summed E-state index contributed by atoms with van der Waals surface area (Å²) < 4.78 is 4.79. The van der Waals surface area contributed by atoms with Gasteiger partial charge in [0.1, 0.15) is 11.4 Å². The fraction of sp³-hybridized carbons (Fsp3) is 0.455. The maximum atomic E-state index is 13.0. The highest BCUT2D eigenvalue weighted by molar-refractivity contribution is 6.28. The molecule has 1 aliphatic carbocycles. The highest BCUT2D eigenvalue weighted by Gasteiger charge is 2.30. The topological polar surface area (TPSA) is 98.4 Å². The van der Waals surface area contributed by atoms with Gasteiger partial charge in [-0.1, -0.05) is 12.1 Å². The molecular weight excluding hydrogens is 404 g/mol. The molecule has 1 fully saturated rings.